The van der Waals surface area contributed by atoms with Crippen LogP contribution >= 0.6 is 0 Å². The second-order valence-corrected chi connectivity index (χ2v) is 6.78. The van der Waals surface area contributed by atoms with Gasteiger partial charge in [-0.1, -0.05) is 23.8 Å². The van der Waals surface area contributed by atoms with Crippen molar-refractivity contribution in [2.75, 3.05) is 26.2 Å². The largest absolute Gasteiger partial charge is 0.507 e. The first kappa shape index (κ1) is 19.2. The smallest absolute Gasteiger partial charge is 0.416 e. The second-order valence-electron chi connectivity index (χ2n) is 6.78. The van der Waals surface area contributed by atoms with Crippen LogP contribution in [0.4, 0.5) is 13.2 Å². The first-order valence-electron chi connectivity index (χ1n) is 8.71. The van der Waals surface area contributed by atoms with Gasteiger partial charge < -0.3 is 10.0 Å². The van der Waals surface area contributed by atoms with E-state index in [1.807, 2.05) is 6.92 Å². The van der Waals surface area contributed by atoms with Gasteiger partial charge in [-0.25, -0.2) is 0 Å². The van der Waals surface area contributed by atoms with Gasteiger partial charge >= 0.3 is 6.18 Å². The number of nitrogens with zero attached hydrogens (tertiary/aromatic N) is 2. The SMILES string of the molecule is Cc1ccc(O)c(C(=O)N2CCN(Cc3ccc(C(F)(F)F)cc3)CC2)c1. The highest BCUT2D eigenvalue weighted by molar-refractivity contribution is 5.97. The molecular weight excluding hydrogens is 357 g/mol. The molecule has 27 heavy (non-hydrogen) atoms. The molecule has 0 unspecified atom stereocenters. The highest BCUT2D eigenvalue weighted by Crippen LogP contribution is 2.29. The third-order valence-corrected chi connectivity index (χ3v) is 4.73. The standard InChI is InChI=1S/C20H21F3N2O2/c1-14-2-7-18(26)17(12-14)19(27)25-10-8-24(9-11-25)13-15-3-5-16(6-4-15)20(21,22)23/h2-7,12,26H,8-11,13H2,1H3. The summed E-state index contributed by atoms with van der Waals surface area (Å²) >= 11 is 0. The maximum atomic E-state index is 12.6. The Bertz CT molecular complexity index is 811. The van der Waals surface area contributed by atoms with Crippen LogP contribution in [0.5, 0.6) is 5.75 Å². The van der Waals surface area contributed by atoms with Crippen LogP contribution in [0.25, 0.3) is 0 Å². The van der Waals surface area contributed by atoms with Gasteiger partial charge in [0.1, 0.15) is 5.75 Å². The number of hydrogen-bond donors (Lipinski definition) is 1. The monoisotopic (exact) mass is 378 g/mol. The summed E-state index contributed by atoms with van der Waals surface area (Å²) in [7, 11) is 0. The van der Waals surface area contributed by atoms with Crippen LogP contribution < -0.4 is 0 Å². The zero-order valence-electron chi connectivity index (χ0n) is 15.0. The van der Waals surface area contributed by atoms with Crippen molar-refractivity contribution in [1.29, 1.82) is 0 Å². The molecule has 2 aromatic carbocycles. The molecule has 0 radical (unpaired) electrons. The number of benzene rings is 2. The van der Waals surface area contributed by atoms with Crippen LogP contribution in [0.3, 0.4) is 0 Å². The van der Waals surface area contributed by atoms with Gasteiger partial charge in [0.15, 0.2) is 0 Å². The van der Waals surface area contributed by atoms with E-state index in [2.05, 4.69) is 4.90 Å². The quantitative estimate of drug-likeness (QED) is 0.886. The highest BCUT2D eigenvalue weighted by Gasteiger charge is 2.30. The number of aromatic hydroxyl groups is 1. The fraction of sp³-hybridized carbons (Fsp3) is 0.350. The Balaban J connectivity index is 1.57. The summed E-state index contributed by atoms with van der Waals surface area (Å²) in [4.78, 5) is 16.4. The van der Waals surface area contributed by atoms with Crippen molar-refractivity contribution in [2.24, 2.45) is 0 Å². The van der Waals surface area contributed by atoms with E-state index in [0.29, 0.717) is 38.3 Å². The van der Waals surface area contributed by atoms with Crippen molar-refractivity contribution >= 4 is 5.91 Å². The summed E-state index contributed by atoms with van der Waals surface area (Å²) in [5.74, 6) is -0.233. The lowest BCUT2D eigenvalue weighted by molar-refractivity contribution is -0.137. The van der Waals surface area contributed by atoms with Gasteiger partial charge in [-0.3, -0.25) is 9.69 Å². The van der Waals surface area contributed by atoms with Gasteiger partial charge in [-0.05, 0) is 36.8 Å². The average molecular weight is 378 g/mol. The van der Waals surface area contributed by atoms with Gasteiger partial charge in [0, 0.05) is 32.7 Å². The Morgan fingerprint density at radius 3 is 2.26 bits per heavy atom. The number of carbonyl (C=O) groups excluding carboxylic acids is 1. The summed E-state index contributed by atoms with van der Waals surface area (Å²) in [6.45, 7) is 4.66. The number of amides is 1. The van der Waals surface area contributed by atoms with Crippen LogP contribution in [0.1, 0.15) is 27.0 Å². The van der Waals surface area contributed by atoms with Crippen molar-refractivity contribution in [3.63, 3.8) is 0 Å². The van der Waals surface area contributed by atoms with E-state index >= 15 is 0 Å². The van der Waals surface area contributed by atoms with E-state index in [1.54, 1.807) is 17.0 Å². The lowest BCUT2D eigenvalue weighted by Gasteiger charge is -2.35. The van der Waals surface area contributed by atoms with Gasteiger partial charge in [0.05, 0.1) is 11.1 Å². The Morgan fingerprint density at radius 2 is 1.67 bits per heavy atom. The van der Waals surface area contributed by atoms with Crippen LogP contribution in [-0.4, -0.2) is 47.0 Å². The van der Waals surface area contributed by atoms with E-state index in [-0.39, 0.29) is 11.7 Å². The molecule has 1 fully saturated rings. The van der Waals surface area contributed by atoms with Gasteiger partial charge in [-0.2, -0.15) is 13.2 Å². The first-order chi connectivity index (χ1) is 12.7. The summed E-state index contributed by atoms with van der Waals surface area (Å²) < 4.78 is 37.9. The molecule has 0 spiro atoms. The molecule has 7 heteroatoms. The second kappa shape index (κ2) is 7.60. The van der Waals surface area contributed by atoms with Gasteiger partial charge in [-0.15, -0.1) is 0 Å². The zero-order valence-corrected chi connectivity index (χ0v) is 15.0. The van der Waals surface area contributed by atoms with Crippen LogP contribution in [0.15, 0.2) is 42.5 Å². The predicted octanol–water partition coefficient (Wildman–Crippen LogP) is 3.68. The summed E-state index contributed by atoms with van der Waals surface area (Å²) in [6.07, 6.45) is -4.33. The lowest BCUT2D eigenvalue weighted by Crippen LogP contribution is -2.48. The van der Waals surface area contributed by atoms with Crippen LogP contribution in [0.2, 0.25) is 0 Å². The molecule has 3 rings (SSSR count). The Kier molecular flexibility index (Phi) is 5.41. The van der Waals surface area contributed by atoms with Crippen molar-refractivity contribution in [3.05, 3.63) is 64.7 Å². The summed E-state index contributed by atoms with van der Waals surface area (Å²) in [5.41, 5.74) is 1.35. The summed E-state index contributed by atoms with van der Waals surface area (Å²) in [5, 5.41) is 9.92. The molecule has 2 aromatic rings. The number of phenolic OH excluding ortho intramolecular Hbond substituents is 1. The normalized spacial score (nSPS) is 15.8. The molecule has 4 nitrogen and oxygen atoms in total. The van der Waals surface area contributed by atoms with Gasteiger partial charge in [0.2, 0.25) is 0 Å². The lowest BCUT2D eigenvalue weighted by atomic mass is 10.1. The summed E-state index contributed by atoms with van der Waals surface area (Å²) in [6, 6.07) is 10.1. The molecule has 0 saturated carbocycles. The van der Waals surface area contributed by atoms with E-state index in [4.69, 9.17) is 0 Å². The van der Waals surface area contributed by atoms with E-state index in [0.717, 1.165) is 23.3 Å². The van der Waals surface area contributed by atoms with E-state index in [9.17, 15) is 23.1 Å². The van der Waals surface area contributed by atoms with Crippen LogP contribution in [-0.2, 0) is 12.7 Å². The topological polar surface area (TPSA) is 43.8 Å². The molecular formula is C20H21F3N2O2. The fourth-order valence-electron chi connectivity index (χ4n) is 3.16. The molecule has 1 aliphatic heterocycles. The molecule has 1 amide bonds. The Labute approximate surface area is 155 Å². The van der Waals surface area contributed by atoms with E-state index < -0.39 is 11.7 Å². The zero-order chi connectivity index (χ0) is 19.6. The molecule has 0 aromatic heterocycles. The van der Waals surface area contributed by atoms with Crippen molar-refractivity contribution in [1.82, 2.24) is 9.80 Å². The first-order valence-corrected chi connectivity index (χ1v) is 8.71. The Morgan fingerprint density at radius 1 is 1.04 bits per heavy atom. The molecule has 1 N–H and O–H groups in total. The van der Waals surface area contributed by atoms with Gasteiger partial charge in [0.25, 0.3) is 5.91 Å². The number of phenols is 1. The third-order valence-electron chi connectivity index (χ3n) is 4.73. The molecule has 1 saturated heterocycles. The van der Waals surface area contributed by atoms with Crippen LogP contribution in [0, 0.1) is 6.92 Å². The van der Waals surface area contributed by atoms with Crippen molar-refractivity contribution in [3.8, 4) is 5.75 Å². The third kappa shape index (κ3) is 4.60. The number of halogens is 3. The fourth-order valence-corrected chi connectivity index (χ4v) is 3.16. The Hall–Kier alpha value is -2.54. The molecule has 0 bridgehead atoms. The molecule has 1 heterocycles. The maximum Gasteiger partial charge on any atom is 0.416 e. The molecule has 1 aliphatic rings. The number of carbonyl (C=O) groups is 1. The number of rotatable bonds is 3. The van der Waals surface area contributed by atoms with Crippen molar-refractivity contribution in [2.45, 2.75) is 19.6 Å². The number of hydrogen-bond acceptors (Lipinski definition) is 3. The minimum Gasteiger partial charge on any atom is -0.507 e. The predicted molar refractivity (Wildman–Crippen MR) is 95.5 cm³/mol. The minimum absolute atomic E-state index is 0.0298. The van der Waals surface area contributed by atoms with E-state index in [1.165, 1.54) is 18.2 Å². The number of alkyl halides is 3. The maximum absolute atomic E-state index is 12.6. The molecule has 0 aliphatic carbocycles. The highest BCUT2D eigenvalue weighted by atomic mass is 19.4. The minimum atomic E-state index is -4.33. The number of piperazine rings is 1. The number of aryl methyl sites for hydroxylation is 1. The molecule has 0 atom stereocenters. The average Bonchev–Trinajstić information content (AvgIpc) is 2.63. The van der Waals surface area contributed by atoms with Crippen molar-refractivity contribution < 1.29 is 23.1 Å². The molecule has 144 valence electrons.